The second-order valence-electron chi connectivity index (χ2n) is 5.50. The highest BCUT2D eigenvalue weighted by Gasteiger charge is 2.12. The van der Waals surface area contributed by atoms with Crippen LogP contribution < -0.4 is 5.32 Å². The molecular formula is C18H14N4O2S. The maximum atomic E-state index is 12.3. The number of amides is 1. The van der Waals surface area contributed by atoms with Crippen molar-refractivity contribution in [3.63, 3.8) is 0 Å². The number of thiazole rings is 1. The van der Waals surface area contributed by atoms with Gasteiger partial charge in [0.25, 0.3) is 5.91 Å². The number of aromatic amines is 1. The Labute approximate surface area is 147 Å². The van der Waals surface area contributed by atoms with Gasteiger partial charge in [-0.3, -0.25) is 9.89 Å². The van der Waals surface area contributed by atoms with E-state index in [9.17, 15) is 4.79 Å². The first-order valence-electron chi connectivity index (χ1n) is 7.61. The number of aryl methyl sites for hydroxylation is 1. The van der Waals surface area contributed by atoms with Crippen molar-refractivity contribution in [1.29, 1.82) is 0 Å². The number of carbonyl (C=O) groups excluding carboxylic acids is 1. The molecule has 1 amide bonds. The standard InChI is InChI=1S/C18H14N4O2S/c1-11-10-25-18(19-11)12-2-4-14(5-3-12)20-17(23)16-8-15(21-22-16)13-6-7-24-9-13/h2-10H,1H3,(H,20,23)(H,21,22). The highest BCUT2D eigenvalue weighted by atomic mass is 32.1. The van der Waals surface area contributed by atoms with Crippen molar-refractivity contribution < 1.29 is 9.21 Å². The van der Waals surface area contributed by atoms with Crippen LogP contribution in [0.1, 0.15) is 16.2 Å². The Kier molecular flexibility index (Phi) is 3.91. The van der Waals surface area contributed by atoms with Crippen LogP contribution in [0.2, 0.25) is 0 Å². The molecule has 0 saturated heterocycles. The Balaban J connectivity index is 1.47. The van der Waals surface area contributed by atoms with Crippen LogP contribution in [0.5, 0.6) is 0 Å². The van der Waals surface area contributed by atoms with Crippen LogP contribution in [-0.4, -0.2) is 21.1 Å². The molecule has 0 aliphatic carbocycles. The summed E-state index contributed by atoms with van der Waals surface area (Å²) >= 11 is 1.60. The van der Waals surface area contributed by atoms with E-state index in [1.165, 1.54) is 0 Å². The number of carbonyl (C=O) groups is 1. The quantitative estimate of drug-likeness (QED) is 0.573. The first-order chi connectivity index (χ1) is 12.2. The molecule has 124 valence electrons. The third kappa shape index (κ3) is 3.22. The first-order valence-corrected chi connectivity index (χ1v) is 8.49. The smallest absolute Gasteiger partial charge is 0.273 e. The Morgan fingerprint density at radius 3 is 2.72 bits per heavy atom. The van der Waals surface area contributed by atoms with Gasteiger partial charge in [-0.2, -0.15) is 5.10 Å². The lowest BCUT2D eigenvalue weighted by atomic mass is 10.2. The summed E-state index contributed by atoms with van der Waals surface area (Å²) in [4.78, 5) is 16.8. The number of anilines is 1. The molecule has 0 aliphatic heterocycles. The SMILES string of the molecule is Cc1csc(-c2ccc(NC(=O)c3cc(-c4ccoc4)n[nH]3)cc2)n1. The normalized spacial score (nSPS) is 10.8. The van der Waals surface area contributed by atoms with Gasteiger partial charge < -0.3 is 9.73 Å². The van der Waals surface area contributed by atoms with Crippen molar-refractivity contribution in [3.8, 4) is 21.8 Å². The van der Waals surface area contributed by atoms with E-state index in [0.29, 0.717) is 17.1 Å². The fraction of sp³-hybridized carbons (Fsp3) is 0.0556. The minimum absolute atomic E-state index is 0.250. The third-order valence-electron chi connectivity index (χ3n) is 3.65. The molecule has 2 N–H and O–H groups in total. The number of aromatic nitrogens is 3. The second-order valence-corrected chi connectivity index (χ2v) is 6.36. The van der Waals surface area contributed by atoms with Crippen LogP contribution in [0.15, 0.2) is 58.7 Å². The lowest BCUT2D eigenvalue weighted by molar-refractivity contribution is 0.102. The molecule has 4 rings (SSSR count). The van der Waals surface area contributed by atoms with E-state index in [-0.39, 0.29) is 5.91 Å². The number of nitrogens with zero attached hydrogens (tertiary/aromatic N) is 2. The molecule has 6 nitrogen and oxygen atoms in total. The number of benzene rings is 1. The van der Waals surface area contributed by atoms with Crippen molar-refractivity contribution in [2.24, 2.45) is 0 Å². The molecule has 0 fully saturated rings. The number of hydrogen-bond acceptors (Lipinski definition) is 5. The molecule has 0 atom stereocenters. The molecule has 25 heavy (non-hydrogen) atoms. The number of H-pyrrole nitrogens is 1. The molecule has 0 spiro atoms. The van der Waals surface area contributed by atoms with Gasteiger partial charge in [0, 0.05) is 27.9 Å². The van der Waals surface area contributed by atoms with Gasteiger partial charge in [-0.05, 0) is 43.3 Å². The Hall–Kier alpha value is -3.19. The summed E-state index contributed by atoms with van der Waals surface area (Å²) in [6, 6.07) is 11.1. The van der Waals surface area contributed by atoms with Gasteiger partial charge in [0.1, 0.15) is 10.7 Å². The number of rotatable bonds is 4. The van der Waals surface area contributed by atoms with E-state index < -0.39 is 0 Å². The van der Waals surface area contributed by atoms with E-state index in [2.05, 4.69) is 20.5 Å². The topological polar surface area (TPSA) is 83.8 Å². The Morgan fingerprint density at radius 1 is 1.20 bits per heavy atom. The summed E-state index contributed by atoms with van der Waals surface area (Å²) in [6.45, 7) is 1.97. The lowest BCUT2D eigenvalue weighted by Gasteiger charge is -2.04. The Morgan fingerprint density at radius 2 is 2.04 bits per heavy atom. The van der Waals surface area contributed by atoms with Crippen molar-refractivity contribution in [2.45, 2.75) is 6.92 Å². The fourth-order valence-electron chi connectivity index (χ4n) is 2.38. The van der Waals surface area contributed by atoms with E-state index in [0.717, 1.165) is 21.8 Å². The molecule has 7 heteroatoms. The first kappa shape index (κ1) is 15.3. The summed E-state index contributed by atoms with van der Waals surface area (Å²) < 4.78 is 5.02. The summed E-state index contributed by atoms with van der Waals surface area (Å²) in [5, 5.41) is 12.7. The van der Waals surface area contributed by atoms with Crippen molar-refractivity contribution in [3.05, 3.63) is 65.7 Å². The maximum Gasteiger partial charge on any atom is 0.273 e. The van der Waals surface area contributed by atoms with Gasteiger partial charge in [0.05, 0.1) is 18.2 Å². The van der Waals surface area contributed by atoms with Gasteiger partial charge >= 0.3 is 0 Å². The zero-order valence-electron chi connectivity index (χ0n) is 13.3. The lowest BCUT2D eigenvalue weighted by Crippen LogP contribution is -2.12. The zero-order chi connectivity index (χ0) is 17.2. The zero-order valence-corrected chi connectivity index (χ0v) is 14.1. The van der Waals surface area contributed by atoms with Crippen LogP contribution in [-0.2, 0) is 0 Å². The monoisotopic (exact) mass is 350 g/mol. The summed E-state index contributed by atoms with van der Waals surface area (Å²) in [6.07, 6.45) is 3.15. The average Bonchev–Trinajstić information content (AvgIpc) is 3.36. The van der Waals surface area contributed by atoms with E-state index in [4.69, 9.17) is 4.42 Å². The minimum Gasteiger partial charge on any atom is -0.472 e. The summed E-state index contributed by atoms with van der Waals surface area (Å²) in [5.74, 6) is -0.250. The Bertz CT molecular complexity index is 1000. The number of furan rings is 1. The fourth-order valence-corrected chi connectivity index (χ4v) is 3.18. The largest absolute Gasteiger partial charge is 0.472 e. The molecule has 3 heterocycles. The van der Waals surface area contributed by atoms with Gasteiger partial charge in [-0.1, -0.05) is 0 Å². The maximum absolute atomic E-state index is 12.3. The van der Waals surface area contributed by atoms with Gasteiger partial charge in [0.2, 0.25) is 0 Å². The second kappa shape index (κ2) is 6.37. The molecular weight excluding hydrogens is 336 g/mol. The van der Waals surface area contributed by atoms with Gasteiger partial charge in [-0.15, -0.1) is 11.3 Å². The molecule has 3 aromatic heterocycles. The van der Waals surface area contributed by atoms with Crippen LogP contribution in [0.25, 0.3) is 21.8 Å². The van der Waals surface area contributed by atoms with Gasteiger partial charge in [0.15, 0.2) is 0 Å². The highest BCUT2D eigenvalue weighted by Crippen LogP contribution is 2.25. The molecule has 0 unspecified atom stereocenters. The predicted octanol–water partition coefficient (Wildman–Crippen LogP) is 4.35. The van der Waals surface area contributed by atoms with E-state index in [1.54, 1.807) is 36.0 Å². The minimum atomic E-state index is -0.250. The molecule has 1 aromatic carbocycles. The highest BCUT2D eigenvalue weighted by molar-refractivity contribution is 7.13. The number of hydrogen-bond donors (Lipinski definition) is 2. The van der Waals surface area contributed by atoms with Crippen molar-refractivity contribution in [2.75, 3.05) is 5.32 Å². The van der Waals surface area contributed by atoms with Crippen LogP contribution in [0.4, 0.5) is 5.69 Å². The van der Waals surface area contributed by atoms with Crippen molar-refractivity contribution >= 4 is 22.9 Å². The number of nitrogens with one attached hydrogen (secondary N) is 2. The van der Waals surface area contributed by atoms with Crippen LogP contribution in [0.3, 0.4) is 0 Å². The average molecular weight is 350 g/mol. The van der Waals surface area contributed by atoms with Crippen molar-refractivity contribution in [1.82, 2.24) is 15.2 Å². The van der Waals surface area contributed by atoms with Gasteiger partial charge in [-0.25, -0.2) is 4.98 Å². The molecule has 0 aliphatic rings. The summed E-state index contributed by atoms with van der Waals surface area (Å²) in [7, 11) is 0. The predicted molar refractivity (Wildman–Crippen MR) is 96.5 cm³/mol. The van der Waals surface area contributed by atoms with E-state index >= 15 is 0 Å². The molecule has 4 aromatic rings. The third-order valence-corrected chi connectivity index (χ3v) is 4.66. The van der Waals surface area contributed by atoms with Crippen LogP contribution >= 0.6 is 11.3 Å². The molecule has 0 saturated carbocycles. The van der Waals surface area contributed by atoms with Crippen LogP contribution in [0, 0.1) is 6.92 Å². The summed E-state index contributed by atoms with van der Waals surface area (Å²) in [5.41, 5.74) is 4.61. The van der Waals surface area contributed by atoms with E-state index in [1.807, 2.05) is 36.6 Å². The molecule has 0 bridgehead atoms. The molecule has 0 radical (unpaired) electrons.